The van der Waals surface area contributed by atoms with Gasteiger partial charge < -0.3 is 10.6 Å². The lowest BCUT2D eigenvalue weighted by atomic mass is 10.0. The second kappa shape index (κ2) is 10.9. The van der Waals surface area contributed by atoms with Crippen LogP contribution >= 0.6 is 0 Å². The van der Waals surface area contributed by atoms with E-state index in [1.807, 2.05) is 53.4 Å². The summed E-state index contributed by atoms with van der Waals surface area (Å²) in [7, 11) is 0. The van der Waals surface area contributed by atoms with Crippen molar-refractivity contribution in [2.45, 2.75) is 45.8 Å². The third-order valence-corrected chi connectivity index (χ3v) is 6.61. The molecule has 1 atom stereocenters. The van der Waals surface area contributed by atoms with Crippen molar-refractivity contribution in [1.82, 2.24) is 30.2 Å². The molecule has 10 nitrogen and oxygen atoms in total. The fourth-order valence-corrected chi connectivity index (χ4v) is 4.90. The van der Waals surface area contributed by atoms with Gasteiger partial charge in [-0.1, -0.05) is 48.4 Å². The maximum atomic E-state index is 13.9. The number of anilines is 1. The number of carbonyl (C=O) groups excluding carboxylic acids is 2. The Labute approximate surface area is 220 Å². The van der Waals surface area contributed by atoms with Crippen LogP contribution in [0.2, 0.25) is 0 Å². The number of nitrogens with zero attached hydrogens (tertiary/aromatic N) is 6. The number of hydrogen-bond acceptors (Lipinski definition) is 7. The van der Waals surface area contributed by atoms with Gasteiger partial charge in [-0.05, 0) is 31.2 Å². The molecule has 0 saturated carbocycles. The number of para-hydroxylation sites is 1. The van der Waals surface area contributed by atoms with Crippen molar-refractivity contribution in [1.29, 1.82) is 0 Å². The zero-order valence-corrected chi connectivity index (χ0v) is 21.5. The van der Waals surface area contributed by atoms with Gasteiger partial charge in [0.05, 0.1) is 24.3 Å². The van der Waals surface area contributed by atoms with Gasteiger partial charge in [-0.15, -0.1) is 16.1 Å². The normalized spacial score (nSPS) is 15.2. The van der Waals surface area contributed by atoms with Crippen molar-refractivity contribution >= 4 is 39.4 Å². The second-order valence-electron chi connectivity index (χ2n) is 9.37. The van der Waals surface area contributed by atoms with Crippen molar-refractivity contribution < 1.29 is 9.59 Å². The molecule has 2 amide bonds. The molecule has 0 radical (unpaired) electrons. The molecule has 38 heavy (non-hydrogen) atoms. The lowest BCUT2D eigenvalue weighted by molar-refractivity contribution is -0.123. The molecule has 3 N–H and O–H groups in total. The van der Waals surface area contributed by atoms with E-state index in [0.29, 0.717) is 18.2 Å². The van der Waals surface area contributed by atoms with E-state index >= 15 is 0 Å². The first kappa shape index (κ1) is 25.2. The van der Waals surface area contributed by atoms with Crippen LogP contribution in [0.15, 0.2) is 48.5 Å². The van der Waals surface area contributed by atoms with Gasteiger partial charge in [0.25, 0.3) is 0 Å². The predicted molar refractivity (Wildman–Crippen MR) is 146 cm³/mol. The Balaban J connectivity index is 1.55. The van der Waals surface area contributed by atoms with E-state index in [4.69, 9.17) is 10.7 Å². The number of fused-ring (bicyclic) bond motifs is 3. The topological polar surface area (TPSA) is 122 Å². The highest BCUT2D eigenvalue weighted by Crippen LogP contribution is 2.27. The minimum Gasteiger partial charge on any atom is -0.339 e. The van der Waals surface area contributed by atoms with Crippen molar-refractivity contribution in [2.75, 3.05) is 18.0 Å². The standard InChI is InChI=1S/C28H30N8O2/c1-3-4-16-35-26(31-32-28(35)34-15-9-10-20(29)17-34)27(38)36(33-19(2)37)18-25-23-13-6-5-11-21(23)22-12-7-8-14-24(22)30-25/h5-8,11-14,20H,9-10,15-18,29H2,1-2H3,(H,33,37). The van der Waals surface area contributed by atoms with Crippen LogP contribution in [0.1, 0.15) is 43.0 Å². The van der Waals surface area contributed by atoms with E-state index in [-0.39, 0.29) is 30.9 Å². The molecule has 0 spiro atoms. The summed E-state index contributed by atoms with van der Waals surface area (Å²) < 4.78 is 1.69. The summed E-state index contributed by atoms with van der Waals surface area (Å²) in [5.41, 5.74) is 10.3. The molecule has 10 heteroatoms. The summed E-state index contributed by atoms with van der Waals surface area (Å²) >= 11 is 0. The van der Waals surface area contributed by atoms with Crippen LogP contribution in [-0.2, 0) is 17.9 Å². The molecular weight excluding hydrogens is 480 g/mol. The number of piperidine rings is 1. The molecule has 194 valence electrons. The summed E-state index contributed by atoms with van der Waals surface area (Å²) in [5.74, 6) is 5.63. The van der Waals surface area contributed by atoms with Gasteiger partial charge in [0.15, 0.2) is 0 Å². The molecule has 1 aliphatic rings. The molecule has 5 rings (SSSR count). The monoisotopic (exact) mass is 510 g/mol. The molecule has 1 saturated heterocycles. The maximum Gasteiger partial charge on any atom is 0.310 e. The first-order valence-electron chi connectivity index (χ1n) is 12.6. The number of benzene rings is 2. The number of aromatic nitrogens is 4. The largest absolute Gasteiger partial charge is 0.339 e. The minimum absolute atomic E-state index is 0.0217. The van der Waals surface area contributed by atoms with E-state index in [1.165, 1.54) is 11.9 Å². The molecular formula is C28H30N8O2. The van der Waals surface area contributed by atoms with E-state index in [2.05, 4.69) is 27.5 Å². The fraction of sp³-hybridized carbons (Fsp3) is 0.321. The number of hydrazine groups is 1. The van der Waals surface area contributed by atoms with Crippen molar-refractivity contribution in [3.63, 3.8) is 0 Å². The number of pyridine rings is 1. The van der Waals surface area contributed by atoms with Crippen LogP contribution in [0.25, 0.3) is 21.7 Å². The van der Waals surface area contributed by atoms with E-state index in [1.54, 1.807) is 11.5 Å². The number of nitrogens with two attached hydrogens (primary N) is 1. The van der Waals surface area contributed by atoms with Crippen LogP contribution in [-0.4, -0.2) is 55.7 Å². The van der Waals surface area contributed by atoms with Gasteiger partial charge in [0.2, 0.25) is 17.7 Å². The lowest BCUT2D eigenvalue weighted by Crippen LogP contribution is -2.46. The fourth-order valence-electron chi connectivity index (χ4n) is 4.90. The van der Waals surface area contributed by atoms with Crippen molar-refractivity contribution in [2.24, 2.45) is 5.73 Å². The van der Waals surface area contributed by atoms with Crippen LogP contribution < -0.4 is 16.1 Å². The smallest absolute Gasteiger partial charge is 0.310 e. The summed E-state index contributed by atoms with van der Waals surface area (Å²) in [6, 6.07) is 15.8. The molecule has 2 aromatic carbocycles. The highest BCUT2D eigenvalue weighted by molar-refractivity contribution is 6.06. The lowest BCUT2D eigenvalue weighted by Gasteiger charge is -2.31. The highest BCUT2D eigenvalue weighted by atomic mass is 16.2. The van der Waals surface area contributed by atoms with E-state index in [0.717, 1.165) is 41.1 Å². The average molecular weight is 511 g/mol. The van der Waals surface area contributed by atoms with E-state index < -0.39 is 5.91 Å². The van der Waals surface area contributed by atoms with Gasteiger partial charge >= 0.3 is 5.91 Å². The number of amides is 2. The van der Waals surface area contributed by atoms with Crippen LogP contribution in [0.5, 0.6) is 0 Å². The molecule has 1 unspecified atom stereocenters. The molecule has 4 aromatic rings. The molecule has 2 aromatic heterocycles. The first-order valence-corrected chi connectivity index (χ1v) is 12.6. The van der Waals surface area contributed by atoms with E-state index in [9.17, 15) is 9.59 Å². The predicted octanol–water partition coefficient (Wildman–Crippen LogP) is 2.62. The number of hydrogen-bond donors (Lipinski definition) is 2. The number of rotatable bonds is 5. The van der Waals surface area contributed by atoms with Gasteiger partial charge in [-0.2, -0.15) is 0 Å². The molecule has 1 aliphatic heterocycles. The first-order chi connectivity index (χ1) is 18.5. The van der Waals surface area contributed by atoms with Gasteiger partial charge in [-0.25, -0.2) is 5.01 Å². The zero-order chi connectivity index (χ0) is 26.6. The summed E-state index contributed by atoms with van der Waals surface area (Å²) in [6.45, 7) is 4.76. The highest BCUT2D eigenvalue weighted by Gasteiger charge is 2.29. The second-order valence-corrected chi connectivity index (χ2v) is 9.37. The Bertz CT molecular complexity index is 1570. The average Bonchev–Trinajstić information content (AvgIpc) is 3.35. The minimum atomic E-state index is -0.503. The van der Waals surface area contributed by atoms with Gasteiger partial charge in [0.1, 0.15) is 0 Å². The Morgan fingerprint density at radius 1 is 1.11 bits per heavy atom. The SMILES string of the molecule is CC#CCn1c(C(=O)N(Cc2nc3ccccc3c3ccccc23)NC(C)=O)nnc1N1CCCC(N)C1. The van der Waals surface area contributed by atoms with Crippen LogP contribution in [0, 0.1) is 11.8 Å². The molecule has 0 bridgehead atoms. The van der Waals surface area contributed by atoms with Crippen molar-refractivity contribution in [3.05, 3.63) is 60.0 Å². The summed E-state index contributed by atoms with van der Waals surface area (Å²) in [4.78, 5) is 33.0. The Morgan fingerprint density at radius 2 is 1.84 bits per heavy atom. The van der Waals surface area contributed by atoms with Gasteiger partial charge in [-0.3, -0.25) is 24.6 Å². The third-order valence-electron chi connectivity index (χ3n) is 6.61. The van der Waals surface area contributed by atoms with Crippen molar-refractivity contribution in [3.8, 4) is 11.8 Å². The molecule has 0 aliphatic carbocycles. The van der Waals surface area contributed by atoms with Crippen LogP contribution in [0.4, 0.5) is 5.95 Å². The third kappa shape index (κ3) is 5.01. The summed E-state index contributed by atoms with van der Waals surface area (Å²) in [5, 5.41) is 12.8. The molecule has 1 fully saturated rings. The maximum absolute atomic E-state index is 13.9. The Kier molecular flexibility index (Phi) is 7.20. The number of nitrogens with one attached hydrogen (secondary N) is 1. The summed E-state index contributed by atoms with van der Waals surface area (Å²) in [6.07, 6.45) is 1.86. The number of carbonyl (C=O) groups is 2. The molecule has 3 heterocycles. The Morgan fingerprint density at radius 3 is 2.58 bits per heavy atom. The van der Waals surface area contributed by atoms with Crippen LogP contribution in [0.3, 0.4) is 0 Å². The zero-order valence-electron chi connectivity index (χ0n) is 21.5. The quantitative estimate of drug-likeness (QED) is 0.240. The van der Waals surface area contributed by atoms with Gasteiger partial charge in [0, 0.05) is 36.8 Å². The Hall–Kier alpha value is -4.49.